The van der Waals surface area contributed by atoms with Crippen molar-refractivity contribution in [2.75, 3.05) is 18.0 Å². The van der Waals surface area contributed by atoms with Crippen LogP contribution >= 0.6 is 11.6 Å². The van der Waals surface area contributed by atoms with E-state index in [1.54, 1.807) is 4.52 Å². The molecule has 3 heterocycles. The van der Waals surface area contributed by atoms with Crippen LogP contribution in [0.3, 0.4) is 0 Å². The Hall–Kier alpha value is -1.36. The van der Waals surface area contributed by atoms with Gasteiger partial charge in [-0.25, -0.2) is 0 Å². The van der Waals surface area contributed by atoms with E-state index in [1.165, 1.54) is 12.7 Å². The maximum atomic E-state index is 6.07. The number of halogens is 1. The smallest absolute Gasteiger partial charge is 0.255 e. The zero-order valence-electron chi connectivity index (χ0n) is 11.5. The molecule has 3 rings (SSSR count). The predicted octanol–water partition coefficient (Wildman–Crippen LogP) is 2.65. The molecule has 0 radical (unpaired) electrons. The van der Waals surface area contributed by atoms with Crippen molar-refractivity contribution in [3.05, 3.63) is 17.5 Å². The van der Waals surface area contributed by atoms with Crippen LogP contribution in [-0.4, -0.2) is 32.7 Å². The molecule has 0 bridgehead atoms. The molecule has 1 fully saturated rings. The van der Waals surface area contributed by atoms with Crippen molar-refractivity contribution in [2.24, 2.45) is 11.3 Å². The quantitative estimate of drug-likeness (QED) is 0.753. The summed E-state index contributed by atoms with van der Waals surface area (Å²) in [5.41, 5.74) is 0.326. The second-order valence-electron chi connectivity index (χ2n) is 6.21. The molecule has 102 valence electrons. The Morgan fingerprint density at radius 2 is 2.16 bits per heavy atom. The van der Waals surface area contributed by atoms with Crippen molar-refractivity contribution in [2.45, 2.75) is 27.2 Å². The summed E-state index contributed by atoms with van der Waals surface area (Å²) in [6.07, 6.45) is 2.71. The molecule has 5 nitrogen and oxygen atoms in total. The lowest BCUT2D eigenvalue weighted by Crippen LogP contribution is -2.27. The van der Waals surface area contributed by atoms with Crippen LogP contribution < -0.4 is 4.90 Å². The highest BCUT2D eigenvalue weighted by Crippen LogP contribution is 2.35. The Labute approximate surface area is 117 Å². The van der Waals surface area contributed by atoms with Crippen LogP contribution in [0.25, 0.3) is 5.78 Å². The van der Waals surface area contributed by atoms with Gasteiger partial charge in [0.15, 0.2) is 0 Å². The summed E-state index contributed by atoms with van der Waals surface area (Å²) < 4.78 is 1.76. The van der Waals surface area contributed by atoms with Crippen molar-refractivity contribution in [1.82, 2.24) is 19.6 Å². The van der Waals surface area contributed by atoms with Crippen LogP contribution in [0.4, 0.5) is 5.82 Å². The third-order valence-electron chi connectivity index (χ3n) is 3.94. The fourth-order valence-electron chi connectivity index (χ4n) is 2.67. The molecule has 2 aromatic rings. The third-order valence-corrected chi connectivity index (χ3v) is 4.13. The first kappa shape index (κ1) is 12.7. The van der Waals surface area contributed by atoms with Crippen LogP contribution in [0, 0.1) is 11.3 Å². The van der Waals surface area contributed by atoms with Gasteiger partial charge in [-0.1, -0.05) is 32.4 Å². The van der Waals surface area contributed by atoms with Crippen LogP contribution in [-0.2, 0) is 0 Å². The number of fused-ring (bicyclic) bond motifs is 1. The van der Waals surface area contributed by atoms with Gasteiger partial charge in [0.25, 0.3) is 5.78 Å². The van der Waals surface area contributed by atoms with Gasteiger partial charge in [0.2, 0.25) is 0 Å². The molecule has 0 spiro atoms. The number of nitrogens with zero attached hydrogens (tertiary/aromatic N) is 5. The van der Waals surface area contributed by atoms with Gasteiger partial charge in [0, 0.05) is 19.2 Å². The monoisotopic (exact) mass is 279 g/mol. The molecule has 0 aromatic carbocycles. The molecule has 1 aliphatic rings. The van der Waals surface area contributed by atoms with E-state index in [2.05, 4.69) is 40.7 Å². The first-order chi connectivity index (χ1) is 8.95. The first-order valence-electron chi connectivity index (χ1n) is 6.56. The molecule has 1 saturated heterocycles. The fraction of sp³-hybridized carbons (Fsp3) is 0.615. The summed E-state index contributed by atoms with van der Waals surface area (Å²) in [4.78, 5) is 10.6. The number of hydrogen-bond donors (Lipinski definition) is 0. The summed E-state index contributed by atoms with van der Waals surface area (Å²) in [5.74, 6) is 2.22. The summed E-state index contributed by atoms with van der Waals surface area (Å²) in [6, 6.07) is 1.87. The van der Waals surface area contributed by atoms with Crippen molar-refractivity contribution < 1.29 is 0 Å². The molecule has 1 aliphatic heterocycles. The van der Waals surface area contributed by atoms with Crippen molar-refractivity contribution >= 4 is 23.2 Å². The molecule has 19 heavy (non-hydrogen) atoms. The fourth-order valence-corrected chi connectivity index (χ4v) is 2.84. The number of hydrogen-bond acceptors (Lipinski definition) is 4. The highest BCUT2D eigenvalue weighted by molar-refractivity contribution is 6.29. The molecular formula is C13H18ClN5. The third kappa shape index (κ3) is 2.27. The summed E-state index contributed by atoms with van der Waals surface area (Å²) in [7, 11) is 0. The van der Waals surface area contributed by atoms with E-state index in [1.807, 2.05) is 6.07 Å². The average molecular weight is 280 g/mol. The van der Waals surface area contributed by atoms with E-state index in [-0.39, 0.29) is 0 Å². The standard InChI is InChI=1S/C13H18ClN5/c1-13(2,3)9-4-5-18(7-9)11-6-10(14)17-12-15-8-16-19(11)12/h6,8-9H,4-5,7H2,1-3H3. The van der Waals surface area contributed by atoms with E-state index in [0.717, 1.165) is 18.9 Å². The second kappa shape index (κ2) is 4.34. The predicted molar refractivity (Wildman–Crippen MR) is 75.6 cm³/mol. The Balaban J connectivity index is 1.95. The van der Waals surface area contributed by atoms with Crippen LogP contribution in [0.2, 0.25) is 5.15 Å². The number of anilines is 1. The zero-order chi connectivity index (χ0) is 13.6. The zero-order valence-corrected chi connectivity index (χ0v) is 12.2. The lowest BCUT2D eigenvalue weighted by molar-refractivity contribution is 0.263. The summed E-state index contributed by atoms with van der Waals surface area (Å²) >= 11 is 6.07. The van der Waals surface area contributed by atoms with Gasteiger partial charge in [0.05, 0.1) is 0 Å². The van der Waals surface area contributed by atoms with Crippen LogP contribution in [0.1, 0.15) is 27.2 Å². The van der Waals surface area contributed by atoms with Crippen molar-refractivity contribution in [1.29, 1.82) is 0 Å². The molecule has 0 amide bonds. The van der Waals surface area contributed by atoms with Gasteiger partial charge in [-0.3, -0.25) is 0 Å². The average Bonchev–Trinajstić information content (AvgIpc) is 2.94. The maximum absolute atomic E-state index is 6.07. The Morgan fingerprint density at radius 1 is 1.37 bits per heavy atom. The van der Waals surface area contributed by atoms with Gasteiger partial charge in [-0.05, 0) is 17.8 Å². The number of aromatic nitrogens is 4. The van der Waals surface area contributed by atoms with E-state index >= 15 is 0 Å². The van der Waals surface area contributed by atoms with Crippen molar-refractivity contribution in [3.8, 4) is 0 Å². The maximum Gasteiger partial charge on any atom is 0.255 e. The van der Waals surface area contributed by atoms with Gasteiger partial charge in [-0.15, -0.1) is 0 Å². The highest BCUT2D eigenvalue weighted by atomic mass is 35.5. The minimum atomic E-state index is 0.326. The largest absolute Gasteiger partial charge is 0.356 e. The van der Waals surface area contributed by atoms with Gasteiger partial charge in [0.1, 0.15) is 17.3 Å². The lowest BCUT2D eigenvalue weighted by atomic mass is 9.80. The van der Waals surface area contributed by atoms with E-state index in [4.69, 9.17) is 11.6 Å². The Morgan fingerprint density at radius 3 is 2.84 bits per heavy atom. The molecule has 0 saturated carbocycles. The molecule has 0 aliphatic carbocycles. The summed E-state index contributed by atoms with van der Waals surface area (Å²) in [5, 5.41) is 4.70. The molecular weight excluding hydrogens is 262 g/mol. The van der Waals surface area contributed by atoms with Gasteiger partial charge in [-0.2, -0.15) is 19.6 Å². The van der Waals surface area contributed by atoms with Gasteiger partial charge >= 0.3 is 0 Å². The topological polar surface area (TPSA) is 46.3 Å². The minimum Gasteiger partial charge on any atom is -0.356 e. The molecule has 6 heteroatoms. The Kier molecular flexibility index (Phi) is 2.89. The van der Waals surface area contributed by atoms with E-state index in [9.17, 15) is 0 Å². The lowest BCUT2D eigenvalue weighted by Gasteiger charge is -2.27. The Bertz CT molecular complexity index is 601. The molecule has 1 atom stereocenters. The van der Waals surface area contributed by atoms with E-state index < -0.39 is 0 Å². The van der Waals surface area contributed by atoms with E-state index in [0.29, 0.717) is 22.3 Å². The first-order valence-corrected chi connectivity index (χ1v) is 6.94. The van der Waals surface area contributed by atoms with Crippen LogP contribution in [0.15, 0.2) is 12.4 Å². The van der Waals surface area contributed by atoms with Crippen LogP contribution in [0.5, 0.6) is 0 Å². The van der Waals surface area contributed by atoms with Gasteiger partial charge < -0.3 is 4.90 Å². The summed E-state index contributed by atoms with van der Waals surface area (Å²) in [6.45, 7) is 8.94. The second-order valence-corrected chi connectivity index (χ2v) is 6.59. The minimum absolute atomic E-state index is 0.326. The molecule has 1 unspecified atom stereocenters. The number of rotatable bonds is 1. The highest BCUT2D eigenvalue weighted by Gasteiger charge is 2.32. The normalized spacial score (nSPS) is 20.4. The van der Waals surface area contributed by atoms with Crippen molar-refractivity contribution in [3.63, 3.8) is 0 Å². The molecule has 0 N–H and O–H groups in total. The molecule has 2 aromatic heterocycles. The SMILES string of the molecule is CC(C)(C)C1CCN(c2cc(Cl)nc3ncnn23)C1.